The molecule has 33 heteroatoms. The van der Waals surface area contributed by atoms with Gasteiger partial charge in [-0.05, 0) is 60.7 Å². The molecule has 0 N–H and O–H groups in total. The Bertz CT molecular complexity index is 1740. The van der Waals surface area contributed by atoms with Gasteiger partial charge in [0.15, 0.2) is 11.8 Å². The molecule has 0 bridgehead atoms. The molecule has 0 aromatic rings. The molecule has 0 aliphatic heterocycles. The smallest absolute Gasteiger partial charge is 0.171 e. The van der Waals surface area contributed by atoms with E-state index in [9.17, 15) is 145 Å². The van der Waals surface area contributed by atoms with Gasteiger partial charge in [0.2, 0.25) is 0 Å². The number of halogens is 33. The van der Waals surface area contributed by atoms with Gasteiger partial charge in [-0.15, -0.1) is 0 Å². The van der Waals surface area contributed by atoms with E-state index in [0.29, 0.717) is 51.4 Å². The van der Waals surface area contributed by atoms with Crippen molar-refractivity contribution < 1.29 is 145 Å². The van der Waals surface area contributed by atoms with E-state index in [0.717, 1.165) is 12.8 Å². The van der Waals surface area contributed by atoms with Gasteiger partial charge in [-0.1, -0.05) is 223 Å². The van der Waals surface area contributed by atoms with Gasteiger partial charge >= 0.3 is 67.9 Å². The lowest BCUT2D eigenvalue weighted by molar-refractivity contribution is -0.288. The maximum Gasteiger partial charge on any atom is 0.400 e. The number of unbranched alkanes of at least 4 members (excludes halogenated alkanes) is 2. The van der Waals surface area contributed by atoms with Crippen molar-refractivity contribution in [3.63, 3.8) is 0 Å². The normalized spacial score (nSPS) is 14.6. The summed E-state index contributed by atoms with van der Waals surface area (Å²) >= 11 is 0. The van der Waals surface area contributed by atoms with Crippen molar-refractivity contribution in [1.82, 2.24) is 0 Å². The predicted molar refractivity (Wildman–Crippen MR) is 313 cm³/mol. The van der Waals surface area contributed by atoms with E-state index in [1.165, 1.54) is 55.4 Å². The molecule has 4 atom stereocenters. The Morgan fingerprint density at radius 2 is 0.688 bits per heavy atom. The van der Waals surface area contributed by atoms with Crippen molar-refractivity contribution in [3.8, 4) is 0 Å². The topological polar surface area (TPSA) is 0 Å². The van der Waals surface area contributed by atoms with Gasteiger partial charge < -0.3 is 0 Å². The lowest BCUT2D eigenvalue weighted by Crippen LogP contribution is -2.37. The molecule has 0 aromatic heterocycles. The molecule has 0 aromatic carbocycles. The lowest BCUT2D eigenvalue weighted by Gasteiger charge is -2.31. The van der Waals surface area contributed by atoms with Crippen LogP contribution in [0.3, 0.4) is 0 Å². The molecule has 0 radical (unpaired) electrons. The first-order valence-electron chi connectivity index (χ1n) is 31.6. The molecule has 0 fully saturated rings. The van der Waals surface area contributed by atoms with E-state index < -0.39 is 146 Å². The molecule has 0 heterocycles. The lowest BCUT2D eigenvalue weighted by atomic mass is 9.81. The minimum absolute atomic E-state index is 0.0658. The Balaban J connectivity index is -0.000000127. The van der Waals surface area contributed by atoms with Crippen molar-refractivity contribution >= 4 is 0 Å². The second-order valence-electron chi connectivity index (χ2n) is 26.4. The molecule has 0 aliphatic rings. The van der Waals surface area contributed by atoms with Crippen LogP contribution in [0.25, 0.3) is 0 Å². The van der Waals surface area contributed by atoms with Gasteiger partial charge in [0.25, 0.3) is 0 Å². The van der Waals surface area contributed by atoms with Gasteiger partial charge in [0, 0.05) is 19.3 Å². The fourth-order valence-corrected chi connectivity index (χ4v) is 6.85. The molecular formula is C63H111F33. The number of rotatable bonds is 21. The van der Waals surface area contributed by atoms with Crippen molar-refractivity contribution in [3.05, 3.63) is 0 Å². The summed E-state index contributed by atoms with van der Waals surface area (Å²) in [6, 6.07) is 0. The van der Waals surface area contributed by atoms with Crippen LogP contribution in [-0.2, 0) is 0 Å². The van der Waals surface area contributed by atoms with Crippen LogP contribution in [0.5, 0.6) is 0 Å². The summed E-state index contributed by atoms with van der Waals surface area (Å²) in [6.07, 6.45) is -45.9. The Morgan fingerprint density at radius 1 is 0.333 bits per heavy atom. The zero-order valence-electron chi connectivity index (χ0n) is 59.4. The summed E-state index contributed by atoms with van der Waals surface area (Å²) in [6.45, 7) is 33.9. The summed E-state index contributed by atoms with van der Waals surface area (Å²) in [5.74, 6) is -10.3. The molecule has 0 amide bonds. The number of hydrogen-bond donors (Lipinski definition) is 0. The molecule has 594 valence electrons. The number of alkyl halides is 33. The van der Waals surface area contributed by atoms with Gasteiger partial charge in [0.1, 0.15) is 0 Å². The van der Waals surface area contributed by atoms with E-state index >= 15 is 0 Å². The summed E-state index contributed by atoms with van der Waals surface area (Å²) in [4.78, 5) is 0. The molecule has 0 nitrogen and oxygen atoms in total. The minimum Gasteiger partial charge on any atom is -0.171 e. The van der Waals surface area contributed by atoms with E-state index in [1.807, 2.05) is 13.8 Å². The van der Waals surface area contributed by atoms with E-state index in [-0.39, 0.29) is 42.9 Å². The molecular weight excluding hydrogens is 1380 g/mol. The summed E-state index contributed by atoms with van der Waals surface area (Å²) in [7, 11) is 0. The third kappa shape index (κ3) is 67.5. The third-order valence-corrected chi connectivity index (χ3v) is 15.2. The van der Waals surface area contributed by atoms with Crippen LogP contribution >= 0.6 is 0 Å². The Hall–Kier alpha value is -2.31. The largest absolute Gasteiger partial charge is 0.400 e. The van der Waals surface area contributed by atoms with E-state index in [4.69, 9.17) is 0 Å². The number of hydrogen-bond acceptors (Lipinski definition) is 0. The molecule has 0 saturated carbocycles. The molecule has 96 heavy (non-hydrogen) atoms. The molecule has 0 spiro atoms. The van der Waals surface area contributed by atoms with Crippen molar-refractivity contribution in [2.24, 2.45) is 69.5 Å². The summed E-state index contributed by atoms with van der Waals surface area (Å²) in [5.41, 5.74) is -3.67. The van der Waals surface area contributed by atoms with Crippen LogP contribution in [0.4, 0.5) is 145 Å². The van der Waals surface area contributed by atoms with Crippen LogP contribution in [0, 0.1) is 69.5 Å². The van der Waals surface area contributed by atoms with Crippen LogP contribution in [0.1, 0.15) is 268 Å². The predicted octanol–water partition coefficient (Wildman–Crippen LogP) is 31.0. The molecule has 0 aliphatic carbocycles. The second-order valence-corrected chi connectivity index (χ2v) is 26.4. The van der Waals surface area contributed by atoms with Crippen LogP contribution in [-0.4, -0.2) is 67.9 Å². The molecule has 0 rings (SSSR count). The second kappa shape index (κ2) is 48.6. The van der Waals surface area contributed by atoms with Crippen LogP contribution in [0.15, 0.2) is 0 Å². The summed E-state index contributed by atoms with van der Waals surface area (Å²) in [5, 5.41) is 0. The van der Waals surface area contributed by atoms with E-state index in [2.05, 4.69) is 0 Å². The quantitative estimate of drug-likeness (QED) is 0.101. The fourth-order valence-electron chi connectivity index (χ4n) is 6.85. The SMILES string of the molecule is CC(C)C(C)(C)C(F)(F)F.CC(C)CC(C(F)(F)F)C(F)(F)F.CCC(C)(C)CC(F)(F)F.CCC(CC)CC(F)(F)F.CCCC(C)(C)C(F)(F)F.CCCCC(C(F)(F)F)C(F)(F)F.CCCC[C@H](C)C(F)(F)F.CCC[C@H](C)CC(F)(F)F.CC[C@H](C)C(C)C(F)(F)F. The van der Waals surface area contributed by atoms with Gasteiger partial charge in [-0.25, -0.2) is 0 Å². The highest BCUT2D eigenvalue weighted by Gasteiger charge is 2.57. The highest BCUT2D eigenvalue weighted by Crippen LogP contribution is 2.46. The molecule has 1 unspecified atom stereocenters. The monoisotopic (exact) mass is 1490 g/mol. The summed E-state index contributed by atoms with van der Waals surface area (Å²) < 4.78 is 390. The van der Waals surface area contributed by atoms with Crippen molar-refractivity contribution in [2.45, 2.75) is 336 Å². The first kappa shape index (κ1) is 112. The van der Waals surface area contributed by atoms with Crippen LogP contribution < -0.4 is 0 Å². The maximum atomic E-state index is 12.1. The van der Waals surface area contributed by atoms with Gasteiger partial charge in [-0.2, -0.15) is 145 Å². The zero-order chi connectivity index (χ0) is 79.9. The van der Waals surface area contributed by atoms with Crippen molar-refractivity contribution in [2.75, 3.05) is 0 Å². The Kier molecular flexibility index (Phi) is 56.8. The van der Waals surface area contributed by atoms with E-state index in [1.54, 1.807) is 83.1 Å². The van der Waals surface area contributed by atoms with Crippen molar-refractivity contribution in [1.29, 1.82) is 0 Å². The van der Waals surface area contributed by atoms with Crippen LogP contribution in [0.2, 0.25) is 0 Å². The third-order valence-electron chi connectivity index (χ3n) is 15.2. The average Bonchev–Trinajstić information content (AvgIpc) is 0.881. The zero-order valence-corrected chi connectivity index (χ0v) is 59.4. The first-order chi connectivity index (χ1) is 41.8. The standard InChI is InChI=1S/2C7H10F6.7C7H13F3/c1-4(2)3-5(6(8,9)10)7(11,12)13;1-2-3-4-5(6(8,9)10)7(11,12)13;1-5(2)6(3,4)7(8,9)10;1-4-6(2,3)5-7(8,9)10;1-4-5-6(2,3)7(8,9)10;1-4-5(2)6(3)7(8,9)10;1-3-4-6(2)5-7(8,9)10;1-3-4-5-6(2)7(8,9)10;1-3-6(4-2)5-7(8,9)10/h4-5H,3H2,1-2H3;5H,2-4H2,1H3;5H,1-4H3;2*4-5H2,1-3H3;5-6H,4H2,1-3H3;3*6H,3-5H2,1-2H3/t;;;;;5-,6?;2*6-;/m.....000./s1. The Labute approximate surface area is 549 Å². The minimum atomic E-state index is -5.19. The highest BCUT2D eigenvalue weighted by molar-refractivity contribution is 4.81. The average molecular weight is 1500 g/mol. The Morgan fingerprint density at radius 3 is 0.833 bits per heavy atom. The van der Waals surface area contributed by atoms with Gasteiger partial charge in [-0.3, -0.25) is 0 Å². The molecule has 0 saturated heterocycles. The fraction of sp³-hybridized carbons (Fsp3) is 1.00. The van der Waals surface area contributed by atoms with Gasteiger partial charge in [0.05, 0.1) is 22.7 Å². The maximum absolute atomic E-state index is 12.1. The first-order valence-corrected chi connectivity index (χ1v) is 31.6. The highest BCUT2D eigenvalue weighted by atomic mass is 19.5.